The molecule has 2 fully saturated rings. The van der Waals surface area contributed by atoms with Crippen LogP contribution in [-0.2, 0) is 21.2 Å². The van der Waals surface area contributed by atoms with E-state index in [-0.39, 0.29) is 10.8 Å². The second-order valence-electron chi connectivity index (χ2n) is 8.62. The van der Waals surface area contributed by atoms with Gasteiger partial charge < -0.3 is 4.90 Å². The molecular formula is C23H26N4O3S2. The molecule has 7 nitrogen and oxygen atoms in total. The first-order valence-electron chi connectivity index (χ1n) is 11.1. The first-order chi connectivity index (χ1) is 15.5. The zero-order valence-electron chi connectivity index (χ0n) is 17.8. The Morgan fingerprint density at radius 3 is 2.53 bits per heavy atom. The lowest BCUT2D eigenvalue weighted by atomic mass is 9.90. The molecule has 0 saturated carbocycles. The average molecular weight is 471 g/mol. The van der Waals surface area contributed by atoms with Gasteiger partial charge in [0.1, 0.15) is 22.0 Å². The molecule has 2 aromatic carbocycles. The third kappa shape index (κ3) is 4.04. The van der Waals surface area contributed by atoms with Crippen LogP contribution in [0.4, 0.5) is 0 Å². The molecule has 2 aliphatic heterocycles. The van der Waals surface area contributed by atoms with E-state index in [9.17, 15) is 13.2 Å². The van der Waals surface area contributed by atoms with Crippen molar-refractivity contribution < 1.29 is 13.2 Å². The molecule has 1 unspecified atom stereocenters. The Bertz CT molecular complexity index is 1200. The molecule has 0 spiro atoms. The molecule has 2 saturated heterocycles. The van der Waals surface area contributed by atoms with Gasteiger partial charge in [0, 0.05) is 19.6 Å². The van der Waals surface area contributed by atoms with Gasteiger partial charge in [0.15, 0.2) is 0 Å². The summed E-state index contributed by atoms with van der Waals surface area (Å²) < 4.78 is 36.7. The monoisotopic (exact) mass is 470 g/mol. The van der Waals surface area contributed by atoms with Crippen LogP contribution in [0, 0.1) is 5.92 Å². The fourth-order valence-electron chi connectivity index (χ4n) is 4.91. The van der Waals surface area contributed by atoms with E-state index in [1.165, 1.54) is 9.87 Å². The molecule has 0 radical (unpaired) electrons. The number of carbonyl (C=O) groups is 1. The van der Waals surface area contributed by atoms with E-state index >= 15 is 0 Å². The number of benzene rings is 2. The molecule has 1 aromatic heterocycles. The van der Waals surface area contributed by atoms with Crippen molar-refractivity contribution >= 4 is 38.7 Å². The maximum atomic E-state index is 13.5. The first-order valence-corrected chi connectivity index (χ1v) is 13.3. The lowest BCUT2D eigenvalue weighted by Crippen LogP contribution is -2.50. The number of carbonyl (C=O) groups excluding carboxylic acids is 1. The first kappa shape index (κ1) is 21.5. The number of hydrogen-bond acceptors (Lipinski definition) is 6. The maximum Gasteiger partial charge on any atom is 0.246 e. The van der Waals surface area contributed by atoms with Gasteiger partial charge in [-0.15, -0.1) is 0 Å². The SMILES string of the molecule is O=C(C1CCCN1S(=O)(=O)c1cccc2nsnc12)N1CCC(Cc2ccccc2)CC1. The van der Waals surface area contributed by atoms with Crippen molar-refractivity contribution in [3.8, 4) is 0 Å². The summed E-state index contributed by atoms with van der Waals surface area (Å²) in [5.74, 6) is 0.493. The number of sulfonamides is 1. The fraction of sp³-hybridized carbons (Fsp3) is 0.435. The van der Waals surface area contributed by atoms with Gasteiger partial charge >= 0.3 is 0 Å². The number of nitrogens with zero attached hydrogens (tertiary/aromatic N) is 4. The molecule has 1 amide bonds. The summed E-state index contributed by atoms with van der Waals surface area (Å²) in [4.78, 5) is 15.4. The molecule has 3 heterocycles. The van der Waals surface area contributed by atoms with Crippen molar-refractivity contribution in [3.63, 3.8) is 0 Å². The standard InChI is InChI=1S/C23H26N4O3S2/c28-23(26-14-11-18(12-15-26)16-17-6-2-1-3-7-17)20-9-5-13-27(20)32(29,30)21-10-4-8-19-22(21)25-31-24-19/h1-4,6-8,10,18,20H,5,9,11-16H2. The van der Waals surface area contributed by atoms with Gasteiger partial charge in [0.05, 0.1) is 11.7 Å². The molecule has 5 rings (SSSR count). The second kappa shape index (κ2) is 8.88. The molecule has 2 aliphatic rings. The van der Waals surface area contributed by atoms with Crippen LogP contribution >= 0.6 is 11.7 Å². The van der Waals surface area contributed by atoms with Crippen molar-refractivity contribution in [2.24, 2.45) is 5.92 Å². The second-order valence-corrected chi connectivity index (χ2v) is 11.0. The van der Waals surface area contributed by atoms with E-state index < -0.39 is 16.1 Å². The van der Waals surface area contributed by atoms with E-state index in [0.29, 0.717) is 49.4 Å². The number of fused-ring (bicyclic) bond motifs is 1. The maximum absolute atomic E-state index is 13.5. The lowest BCUT2D eigenvalue weighted by molar-refractivity contribution is -0.136. The van der Waals surface area contributed by atoms with Crippen molar-refractivity contribution in [2.45, 2.75) is 43.0 Å². The largest absolute Gasteiger partial charge is 0.341 e. The smallest absolute Gasteiger partial charge is 0.246 e. The Kier molecular flexibility index (Phi) is 5.96. The fourth-order valence-corrected chi connectivity index (χ4v) is 7.31. The van der Waals surface area contributed by atoms with Crippen molar-refractivity contribution in [1.82, 2.24) is 18.0 Å². The van der Waals surface area contributed by atoms with Crippen LogP contribution in [0.3, 0.4) is 0 Å². The molecular weight excluding hydrogens is 444 g/mol. The van der Waals surface area contributed by atoms with Gasteiger partial charge in [0.2, 0.25) is 15.9 Å². The summed E-state index contributed by atoms with van der Waals surface area (Å²) in [5, 5.41) is 0. The van der Waals surface area contributed by atoms with Crippen LogP contribution in [0.15, 0.2) is 53.4 Å². The molecule has 0 aliphatic carbocycles. The van der Waals surface area contributed by atoms with Crippen LogP contribution in [-0.4, -0.2) is 58.0 Å². The molecule has 3 aromatic rings. The minimum Gasteiger partial charge on any atom is -0.341 e. The molecule has 0 N–H and O–H groups in total. The number of piperidine rings is 1. The third-order valence-corrected chi connectivity index (χ3v) is 9.10. The highest BCUT2D eigenvalue weighted by Crippen LogP contribution is 2.32. The Labute approximate surface area is 192 Å². The van der Waals surface area contributed by atoms with Crippen LogP contribution in [0.2, 0.25) is 0 Å². The van der Waals surface area contributed by atoms with Gasteiger partial charge in [-0.25, -0.2) is 8.42 Å². The predicted octanol–water partition coefficient (Wildman–Crippen LogP) is 3.33. The highest BCUT2D eigenvalue weighted by atomic mass is 32.2. The van der Waals surface area contributed by atoms with Crippen LogP contribution in [0.1, 0.15) is 31.2 Å². The van der Waals surface area contributed by atoms with Crippen molar-refractivity contribution in [1.29, 1.82) is 0 Å². The highest BCUT2D eigenvalue weighted by Gasteiger charge is 2.42. The van der Waals surface area contributed by atoms with Crippen molar-refractivity contribution in [2.75, 3.05) is 19.6 Å². The Balaban J connectivity index is 1.28. The summed E-state index contributed by atoms with van der Waals surface area (Å²) in [6.45, 7) is 1.73. The minimum atomic E-state index is -3.83. The summed E-state index contributed by atoms with van der Waals surface area (Å²) in [7, 11) is -3.83. The Morgan fingerprint density at radius 1 is 0.969 bits per heavy atom. The van der Waals surface area contributed by atoms with Gasteiger partial charge in [-0.2, -0.15) is 13.1 Å². The number of likely N-dealkylation sites (tertiary alicyclic amines) is 1. The topological polar surface area (TPSA) is 83.5 Å². The van der Waals surface area contributed by atoms with Gasteiger partial charge in [-0.1, -0.05) is 36.4 Å². The average Bonchev–Trinajstić information content (AvgIpc) is 3.50. The van der Waals surface area contributed by atoms with Crippen LogP contribution in [0.25, 0.3) is 11.0 Å². The molecule has 32 heavy (non-hydrogen) atoms. The van der Waals surface area contributed by atoms with E-state index in [2.05, 4.69) is 33.0 Å². The van der Waals surface area contributed by atoms with Gasteiger partial charge in [-0.05, 0) is 55.7 Å². The molecule has 168 valence electrons. The summed E-state index contributed by atoms with van der Waals surface area (Å²) in [5.41, 5.74) is 2.28. The summed E-state index contributed by atoms with van der Waals surface area (Å²) in [6.07, 6.45) is 4.17. The van der Waals surface area contributed by atoms with E-state index in [1.54, 1.807) is 18.2 Å². The summed E-state index contributed by atoms with van der Waals surface area (Å²) >= 11 is 0.998. The van der Waals surface area contributed by atoms with Gasteiger partial charge in [-0.3, -0.25) is 4.79 Å². The normalized spacial score (nSPS) is 20.8. The molecule has 9 heteroatoms. The Morgan fingerprint density at radius 2 is 1.75 bits per heavy atom. The number of rotatable bonds is 5. The van der Waals surface area contributed by atoms with Gasteiger partial charge in [0.25, 0.3) is 0 Å². The Hall–Kier alpha value is -2.36. The number of hydrogen-bond donors (Lipinski definition) is 0. The zero-order valence-corrected chi connectivity index (χ0v) is 19.4. The molecule has 0 bridgehead atoms. The van der Waals surface area contributed by atoms with Crippen molar-refractivity contribution in [3.05, 3.63) is 54.1 Å². The number of aromatic nitrogens is 2. The lowest BCUT2D eigenvalue weighted by Gasteiger charge is -2.35. The van der Waals surface area contributed by atoms with E-state index in [4.69, 9.17) is 0 Å². The predicted molar refractivity (Wildman–Crippen MR) is 124 cm³/mol. The third-order valence-electron chi connectivity index (χ3n) is 6.62. The number of amides is 1. The van der Waals surface area contributed by atoms with E-state index in [0.717, 1.165) is 31.0 Å². The minimum absolute atomic E-state index is 0.0622. The highest BCUT2D eigenvalue weighted by molar-refractivity contribution is 7.89. The summed E-state index contributed by atoms with van der Waals surface area (Å²) in [6, 6.07) is 14.8. The molecule has 1 atom stereocenters. The van der Waals surface area contributed by atoms with E-state index in [1.807, 2.05) is 11.0 Å². The zero-order chi connectivity index (χ0) is 22.1. The van der Waals surface area contributed by atoms with Crippen LogP contribution in [0.5, 0.6) is 0 Å². The van der Waals surface area contributed by atoms with Crippen LogP contribution < -0.4 is 0 Å². The quantitative estimate of drug-likeness (QED) is 0.571.